The molecule has 0 saturated heterocycles. The van der Waals surface area contributed by atoms with E-state index in [4.69, 9.17) is 4.52 Å². The van der Waals surface area contributed by atoms with E-state index in [1.165, 1.54) is 19.3 Å². The highest BCUT2D eigenvalue weighted by molar-refractivity contribution is 4.98. The van der Waals surface area contributed by atoms with Gasteiger partial charge in [0.25, 0.3) is 5.89 Å². The minimum absolute atomic E-state index is 0.341. The van der Waals surface area contributed by atoms with Gasteiger partial charge in [0.1, 0.15) is 6.10 Å². The Morgan fingerprint density at radius 2 is 2.31 bits per heavy atom. The largest absolute Gasteiger partial charge is 0.384 e. The van der Waals surface area contributed by atoms with Gasteiger partial charge in [-0.2, -0.15) is 4.98 Å². The van der Waals surface area contributed by atoms with Crippen LogP contribution in [0.5, 0.6) is 0 Å². The second-order valence-corrected chi connectivity index (χ2v) is 4.80. The maximum atomic E-state index is 9.34. The van der Waals surface area contributed by atoms with Gasteiger partial charge in [0.05, 0.1) is 0 Å². The molecule has 0 aromatic carbocycles. The van der Waals surface area contributed by atoms with Crippen LogP contribution in [0.3, 0.4) is 0 Å². The highest BCUT2D eigenvalue weighted by Crippen LogP contribution is 2.36. The molecule has 1 aliphatic rings. The zero-order valence-corrected chi connectivity index (χ0v) is 10.0. The van der Waals surface area contributed by atoms with E-state index in [0.717, 1.165) is 24.6 Å². The predicted molar refractivity (Wildman–Crippen MR) is 59.9 cm³/mol. The molecule has 3 atom stereocenters. The molecule has 0 aliphatic heterocycles. The summed E-state index contributed by atoms with van der Waals surface area (Å²) in [5.41, 5.74) is 0. The van der Waals surface area contributed by atoms with E-state index in [-0.39, 0.29) is 0 Å². The molecule has 1 saturated carbocycles. The van der Waals surface area contributed by atoms with E-state index in [1.807, 2.05) is 0 Å². The van der Waals surface area contributed by atoms with Crippen LogP contribution >= 0.6 is 0 Å². The molecule has 1 N–H and O–H groups in total. The number of rotatable bonds is 3. The molecule has 0 spiro atoms. The van der Waals surface area contributed by atoms with Crippen molar-refractivity contribution in [1.29, 1.82) is 0 Å². The Labute approximate surface area is 96.1 Å². The summed E-state index contributed by atoms with van der Waals surface area (Å²) in [6, 6.07) is 0. The molecule has 2 rings (SSSR count). The van der Waals surface area contributed by atoms with E-state index in [2.05, 4.69) is 17.1 Å². The van der Waals surface area contributed by atoms with Crippen molar-refractivity contribution in [3.05, 3.63) is 11.7 Å². The van der Waals surface area contributed by atoms with E-state index in [9.17, 15) is 5.11 Å². The molecule has 3 unspecified atom stereocenters. The van der Waals surface area contributed by atoms with Crippen LogP contribution in [0.1, 0.15) is 69.7 Å². The Morgan fingerprint density at radius 1 is 1.50 bits per heavy atom. The highest BCUT2D eigenvalue weighted by Gasteiger charge is 2.26. The lowest BCUT2D eigenvalue weighted by molar-refractivity contribution is 0.151. The van der Waals surface area contributed by atoms with Crippen LogP contribution in [0, 0.1) is 5.92 Å². The average molecular weight is 224 g/mol. The summed E-state index contributed by atoms with van der Waals surface area (Å²) in [6.45, 7) is 3.89. The van der Waals surface area contributed by atoms with Gasteiger partial charge in [-0.05, 0) is 25.7 Å². The predicted octanol–water partition coefficient (Wildman–Crippen LogP) is 2.81. The van der Waals surface area contributed by atoms with Crippen LogP contribution in [0.2, 0.25) is 0 Å². The van der Waals surface area contributed by atoms with Crippen molar-refractivity contribution < 1.29 is 9.63 Å². The number of aliphatic hydroxyl groups excluding tert-OH is 1. The fourth-order valence-corrected chi connectivity index (χ4v) is 2.48. The molecule has 1 fully saturated rings. The van der Waals surface area contributed by atoms with E-state index >= 15 is 0 Å². The molecular weight excluding hydrogens is 204 g/mol. The van der Waals surface area contributed by atoms with Gasteiger partial charge >= 0.3 is 0 Å². The van der Waals surface area contributed by atoms with Gasteiger partial charge in [-0.1, -0.05) is 31.3 Å². The average Bonchev–Trinajstić information content (AvgIpc) is 2.78. The smallest absolute Gasteiger partial charge is 0.255 e. The lowest BCUT2D eigenvalue weighted by atomic mass is 9.80. The second-order valence-electron chi connectivity index (χ2n) is 4.80. The number of aliphatic hydroxyl groups is 1. The molecule has 1 heterocycles. The van der Waals surface area contributed by atoms with Crippen molar-refractivity contribution in [3.8, 4) is 0 Å². The molecule has 0 amide bonds. The van der Waals surface area contributed by atoms with Crippen LogP contribution in [-0.4, -0.2) is 15.2 Å². The number of hydrogen-bond acceptors (Lipinski definition) is 4. The summed E-state index contributed by atoms with van der Waals surface area (Å²) in [5.74, 6) is 2.35. The van der Waals surface area contributed by atoms with Gasteiger partial charge in [-0.3, -0.25) is 0 Å². The molecule has 16 heavy (non-hydrogen) atoms. The zero-order chi connectivity index (χ0) is 11.5. The number of nitrogens with zero attached hydrogens (tertiary/aromatic N) is 2. The van der Waals surface area contributed by atoms with E-state index < -0.39 is 6.10 Å². The van der Waals surface area contributed by atoms with Crippen molar-refractivity contribution in [1.82, 2.24) is 10.1 Å². The summed E-state index contributed by atoms with van der Waals surface area (Å²) in [4.78, 5) is 4.27. The molecule has 0 bridgehead atoms. The lowest BCUT2D eigenvalue weighted by Crippen LogP contribution is -2.14. The monoisotopic (exact) mass is 224 g/mol. The molecular formula is C12H20N2O2. The van der Waals surface area contributed by atoms with Crippen LogP contribution in [0.15, 0.2) is 4.52 Å². The normalized spacial score (nSPS) is 27.9. The third-order valence-corrected chi connectivity index (χ3v) is 3.54. The maximum absolute atomic E-state index is 9.34. The van der Waals surface area contributed by atoms with Crippen LogP contribution in [-0.2, 0) is 0 Å². The lowest BCUT2D eigenvalue weighted by Gasteiger charge is -2.26. The SMILES string of the molecule is CCC1CCCC(c2noc(C(C)O)n2)C1. The van der Waals surface area contributed by atoms with Gasteiger partial charge in [-0.25, -0.2) is 0 Å². The van der Waals surface area contributed by atoms with Crippen molar-refractivity contribution in [2.75, 3.05) is 0 Å². The first kappa shape index (κ1) is 11.6. The molecule has 4 nitrogen and oxygen atoms in total. The van der Waals surface area contributed by atoms with E-state index in [1.54, 1.807) is 6.92 Å². The Balaban J connectivity index is 2.05. The number of aromatic nitrogens is 2. The van der Waals surface area contributed by atoms with E-state index in [0.29, 0.717) is 11.8 Å². The molecule has 1 aromatic rings. The standard InChI is InChI=1S/C12H20N2O2/c1-3-9-5-4-6-10(7-9)11-13-12(8(2)15)16-14-11/h8-10,15H,3-7H2,1-2H3. The fraction of sp³-hybridized carbons (Fsp3) is 0.833. The summed E-state index contributed by atoms with van der Waals surface area (Å²) in [5, 5.41) is 13.3. The first-order chi connectivity index (χ1) is 7.70. The van der Waals surface area contributed by atoms with Gasteiger partial charge in [-0.15, -0.1) is 0 Å². The first-order valence-electron chi connectivity index (χ1n) is 6.22. The summed E-state index contributed by atoms with van der Waals surface area (Å²) < 4.78 is 5.04. The van der Waals surface area contributed by atoms with Crippen molar-refractivity contribution in [2.45, 2.75) is 58.0 Å². The maximum Gasteiger partial charge on any atom is 0.255 e. The molecule has 1 aliphatic carbocycles. The minimum Gasteiger partial charge on any atom is -0.384 e. The van der Waals surface area contributed by atoms with Crippen LogP contribution in [0.4, 0.5) is 0 Å². The Morgan fingerprint density at radius 3 is 2.94 bits per heavy atom. The Bertz CT molecular complexity index is 336. The van der Waals surface area contributed by atoms with Crippen LogP contribution < -0.4 is 0 Å². The van der Waals surface area contributed by atoms with Crippen molar-refractivity contribution in [3.63, 3.8) is 0 Å². The summed E-state index contributed by atoms with van der Waals surface area (Å²) in [6.07, 6.45) is 5.46. The first-order valence-corrected chi connectivity index (χ1v) is 6.22. The second kappa shape index (κ2) is 4.95. The third kappa shape index (κ3) is 2.43. The fourth-order valence-electron chi connectivity index (χ4n) is 2.48. The molecule has 1 aromatic heterocycles. The summed E-state index contributed by atoms with van der Waals surface area (Å²) >= 11 is 0. The number of hydrogen-bond donors (Lipinski definition) is 1. The Hall–Kier alpha value is -0.900. The van der Waals surface area contributed by atoms with Gasteiger partial charge in [0.15, 0.2) is 5.82 Å². The van der Waals surface area contributed by atoms with Crippen molar-refractivity contribution in [2.24, 2.45) is 5.92 Å². The van der Waals surface area contributed by atoms with Gasteiger partial charge in [0, 0.05) is 5.92 Å². The van der Waals surface area contributed by atoms with Crippen molar-refractivity contribution >= 4 is 0 Å². The van der Waals surface area contributed by atoms with Crippen LogP contribution in [0.25, 0.3) is 0 Å². The molecule has 0 radical (unpaired) electrons. The molecule has 4 heteroatoms. The topological polar surface area (TPSA) is 59.2 Å². The van der Waals surface area contributed by atoms with Gasteiger partial charge < -0.3 is 9.63 Å². The Kier molecular flexibility index (Phi) is 3.59. The minimum atomic E-state index is -0.660. The summed E-state index contributed by atoms with van der Waals surface area (Å²) in [7, 11) is 0. The quantitative estimate of drug-likeness (QED) is 0.857. The third-order valence-electron chi connectivity index (χ3n) is 3.54. The molecule has 90 valence electrons. The zero-order valence-electron chi connectivity index (χ0n) is 10.0. The highest BCUT2D eigenvalue weighted by atomic mass is 16.5. The van der Waals surface area contributed by atoms with Gasteiger partial charge in [0.2, 0.25) is 0 Å².